The van der Waals surface area contributed by atoms with Gasteiger partial charge in [-0.15, -0.1) is 11.3 Å². The van der Waals surface area contributed by atoms with Crippen molar-refractivity contribution in [2.75, 3.05) is 50.1 Å². The summed E-state index contributed by atoms with van der Waals surface area (Å²) in [5.41, 5.74) is 1.68. The van der Waals surface area contributed by atoms with Gasteiger partial charge in [0.15, 0.2) is 5.13 Å². The van der Waals surface area contributed by atoms with Gasteiger partial charge in [-0.05, 0) is 30.2 Å². The third-order valence-electron chi connectivity index (χ3n) is 5.56. The molecule has 0 aliphatic carbocycles. The van der Waals surface area contributed by atoms with E-state index < -0.39 is 0 Å². The number of para-hydroxylation sites is 1. The smallest absolute Gasteiger partial charge is 0.323 e. The molecule has 1 fully saturated rings. The number of carbonyl (C=O) groups excluding carboxylic acids is 2. The van der Waals surface area contributed by atoms with Crippen molar-refractivity contribution in [2.24, 2.45) is 0 Å². The lowest BCUT2D eigenvalue weighted by Crippen LogP contribution is -2.50. The Bertz CT molecular complexity index is 1100. The molecule has 10 heteroatoms. The monoisotopic (exact) mass is 480 g/mol. The van der Waals surface area contributed by atoms with Gasteiger partial charge in [-0.2, -0.15) is 0 Å². The standard InChI is InChI=1S/C24H28N6O3S/c1-33-20-7-3-2-6-18(20)9-11-26-22(31)16-19-17-34-23(27-19)28-24(32)30-14-12-29(13-15-30)21-8-4-5-10-25-21/h2-8,10,17H,9,11-16H2,1H3,(H,26,31)(H,27,28,32). The predicted molar refractivity (Wildman–Crippen MR) is 133 cm³/mol. The highest BCUT2D eigenvalue weighted by Crippen LogP contribution is 2.19. The Hall–Kier alpha value is -3.66. The summed E-state index contributed by atoms with van der Waals surface area (Å²) < 4.78 is 5.34. The lowest BCUT2D eigenvalue weighted by atomic mass is 10.1. The number of nitrogens with one attached hydrogen (secondary N) is 2. The summed E-state index contributed by atoms with van der Waals surface area (Å²) in [6.07, 6.45) is 2.62. The summed E-state index contributed by atoms with van der Waals surface area (Å²) >= 11 is 1.32. The fourth-order valence-corrected chi connectivity index (χ4v) is 4.47. The van der Waals surface area contributed by atoms with Crippen molar-refractivity contribution in [1.29, 1.82) is 0 Å². The highest BCUT2D eigenvalue weighted by atomic mass is 32.1. The lowest BCUT2D eigenvalue weighted by molar-refractivity contribution is -0.120. The molecule has 9 nitrogen and oxygen atoms in total. The first-order valence-electron chi connectivity index (χ1n) is 11.2. The van der Waals surface area contributed by atoms with Crippen LogP contribution in [0.3, 0.4) is 0 Å². The number of benzene rings is 1. The average Bonchev–Trinajstić information content (AvgIpc) is 3.31. The number of carbonyl (C=O) groups is 2. The van der Waals surface area contributed by atoms with Crippen LogP contribution in [0.4, 0.5) is 15.7 Å². The van der Waals surface area contributed by atoms with Crippen LogP contribution in [-0.4, -0.2) is 66.6 Å². The maximum absolute atomic E-state index is 12.6. The van der Waals surface area contributed by atoms with Gasteiger partial charge in [0.25, 0.3) is 0 Å². The van der Waals surface area contributed by atoms with Crippen LogP contribution in [-0.2, 0) is 17.6 Å². The molecule has 1 aromatic carbocycles. The first kappa shape index (κ1) is 23.5. The molecule has 1 aliphatic heterocycles. The number of thiazole rings is 1. The van der Waals surface area contributed by atoms with Gasteiger partial charge in [0.2, 0.25) is 5.91 Å². The van der Waals surface area contributed by atoms with Crippen molar-refractivity contribution in [3.8, 4) is 5.75 Å². The minimum absolute atomic E-state index is 0.108. The third kappa shape index (κ3) is 6.22. The molecule has 0 spiro atoms. The molecule has 1 aliphatic rings. The van der Waals surface area contributed by atoms with Crippen molar-refractivity contribution in [2.45, 2.75) is 12.8 Å². The maximum atomic E-state index is 12.6. The largest absolute Gasteiger partial charge is 0.496 e. The molecule has 1 saturated heterocycles. The van der Waals surface area contributed by atoms with Gasteiger partial charge >= 0.3 is 6.03 Å². The van der Waals surface area contributed by atoms with Crippen LogP contribution in [0.15, 0.2) is 54.0 Å². The van der Waals surface area contributed by atoms with Gasteiger partial charge in [-0.3, -0.25) is 10.1 Å². The van der Waals surface area contributed by atoms with Crippen LogP contribution in [0.25, 0.3) is 0 Å². The highest BCUT2D eigenvalue weighted by molar-refractivity contribution is 7.13. The molecule has 3 amide bonds. The molecule has 34 heavy (non-hydrogen) atoms. The maximum Gasteiger partial charge on any atom is 0.323 e. The van der Waals surface area contributed by atoms with Gasteiger partial charge < -0.3 is 19.9 Å². The van der Waals surface area contributed by atoms with E-state index in [-0.39, 0.29) is 18.4 Å². The summed E-state index contributed by atoms with van der Waals surface area (Å²) in [7, 11) is 1.64. The van der Waals surface area contributed by atoms with Crippen molar-refractivity contribution in [3.05, 3.63) is 65.3 Å². The molecule has 0 radical (unpaired) electrons. The van der Waals surface area contributed by atoms with Crippen LogP contribution in [0, 0.1) is 0 Å². The summed E-state index contributed by atoms with van der Waals surface area (Å²) in [4.78, 5) is 37.6. The third-order valence-corrected chi connectivity index (χ3v) is 6.36. The van der Waals surface area contributed by atoms with Crippen molar-refractivity contribution >= 4 is 34.2 Å². The summed E-state index contributed by atoms with van der Waals surface area (Å²) in [6.45, 7) is 3.17. The number of nitrogens with zero attached hydrogens (tertiary/aromatic N) is 4. The van der Waals surface area contributed by atoms with E-state index in [1.165, 1.54) is 11.3 Å². The molecule has 0 atom stereocenters. The number of methoxy groups -OCH3 is 1. The number of piperazine rings is 1. The second-order valence-electron chi connectivity index (χ2n) is 7.82. The van der Waals surface area contributed by atoms with Crippen LogP contribution in [0.5, 0.6) is 5.75 Å². The van der Waals surface area contributed by atoms with Gasteiger partial charge in [0, 0.05) is 44.3 Å². The van der Waals surface area contributed by atoms with E-state index in [1.807, 2.05) is 42.5 Å². The Morgan fingerprint density at radius 3 is 2.65 bits per heavy atom. The zero-order valence-electron chi connectivity index (χ0n) is 19.1. The van der Waals surface area contributed by atoms with E-state index in [0.29, 0.717) is 36.9 Å². The Kier molecular flexibility index (Phi) is 7.92. The minimum Gasteiger partial charge on any atom is -0.496 e. The Labute approximate surface area is 202 Å². The predicted octanol–water partition coefficient (Wildman–Crippen LogP) is 2.80. The number of hydrogen-bond donors (Lipinski definition) is 2. The van der Waals surface area contributed by atoms with Crippen molar-refractivity contribution in [1.82, 2.24) is 20.2 Å². The first-order chi connectivity index (χ1) is 16.6. The average molecular weight is 481 g/mol. The van der Waals surface area contributed by atoms with Gasteiger partial charge in [0.1, 0.15) is 11.6 Å². The first-order valence-corrected chi connectivity index (χ1v) is 12.1. The van der Waals surface area contributed by atoms with E-state index in [0.717, 1.165) is 30.2 Å². The number of anilines is 2. The van der Waals surface area contributed by atoms with Crippen LogP contribution < -0.4 is 20.3 Å². The zero-order chi connectivity index (χ0) is 23.8. The minimum atomic E-state index is -0.178. The molecule has 2 aromatic heterocycles. The number of pyridine rings is 1. The Morgan fingerprint density at radius 2 is 1.88 bits per heavy atom. The zero-order valence-corrected chi connectivity index (χ0v) is 19.9. The summed E-state index contributed by atoms with van der Waals surface area (Å²) in [5, 5.41) is 8.06. The van der Waals surface area contributed by atoms with E-state index in [2.05, 4.69) is 25.5 Å². The van der Waals surface area contributed by atoms with Crippen molar-refractivity contribution < 1.29 is 14.3 Å². The lowest BCUT2D eigenvalue weighted by Gasteiger charge is -2.35. The second kappa shape index (κ2) is 11.5. The van der Waals surface area contributed by atoms with Crippen LogP contribution in [0.2, 0.25) is 0 Å². The number of urea groups is 1. The van der Waals surface area contributed by atoms with Crippen LogP contribution >= 0.6 is 11.3 Å². The number of hydrogen-bond acceptors (Lipinski definition) is 7. The number of amides is 3. The van der Waals surface area contributed by atoms with E-state index in [4.69, 9.17) is 4.74 Å². The number of aromatic nitrogens is 2. The highest BCUT2D eigenvalue weighted by Gasteiger charge is 2.22. The SMILES string of the molecule is COc1ccccc1CCNC(=O)Cc1csc(NC(=O)N2CCN(c3ccccn3)CC2)n1. The Morgan fingerprint density at radius 1 is 1.09 bits per heavy atom. The summed E-state index contributed by atoms with van der Waals surface area (Å²) in [6, 6.07) is 13.4. The molecule has 0 saturated carbocycles. The van der Waals surface area contributed by atoms with E-state index in [1.54, 1.807) is 23.6 Å². The summed E-state index contributed by atoms with van der Waals surface area (Å²) in [5.74, 6) is 1.63. The van der Waals surface area contributed by atoms with Crippen LogP contribution in [0.1, 0.15) is 11.3 Å². The molecular weight excluding hydrogens is 452 g/mol. The second-order valence-corrected chi connectivity index (χ2v) is 8.68. The quantitative estimate of drug-likeness (QED) is 0.514. The van der Waals surface area contributed by atoms with Gasteiger partial charge in [-0.25, -0.2) is 14.8 Å². The van der Waals surface area contributed by atoms with Gasteiger partial charge in [0.05, 0.1) is 19.2 Å². The molecule has 3 heterocycles. The molecule has 4 rings (SSSR count). The topological polar surface area (TPSA) is 99.7 Å². The molecular formula is C24H28N6O3S. The van der Waals surface area contributed by atoms with Crippen molar-refractivity contribution in [3.63, 3.8) is 0 Å². The molecule has 0 bridgehead atoms. The normalized spacial score (nSPS) is 13.4. The molecule has 3 aromatic rings. The molecule has 2 N–H and O–H groups in total. The Balaban J connectivity index is 1.19. The molecule has 178 valence electrons. The van der Waals surface area contributed by atoms with E-state index in [9.17, 15) is 9.59 Å². The fourth-order valence-electron chi connectivity index (χ4n) is 3.77. The number of ether oxygens (including phenoxy) is 1. The van der Waals surface area contributed by atoms with Gasteiger partial charge in [-0.1, -0.05) is 24.3 Å². The molecule has 0 unspecified atom stereocenters. The van der Waals surface area contributed by atoms with E-state index >= 15 is 0 Å². The number of rotatable bonds is 8. The fraction of sp³-hybridized carbons (Fsp3) is 0.333.